The van der Waals surface area contributed by atoms with Crippen molar-refractivity contribution in [1.29, 1.82) is 0 Å². The molecule has 0 aliphatic heterocycles. The molecular formula is C13H14FN3. The van der Waals surface area contributed by atoms with Crippen molar-refractivity contribution in [3.63, 3.8) is 0 Å². The third kappa shape index (κ3) is 2.58. The second kappa shape index (κ2) is 4.91. The predicted octanol–water partition coefficient (Wildman–Crippen LogP) is 3.02. The van der Waals surface area contributed by atoms with Crippen LogP contribution in [0.1, 0.15) is 12.6 Å². The summed E-state index contributed by atoms with van der Waals surface area (Å²) in [7, 11) is 0. The maximum Gasteiger partial charge on any atom is 0.149 e. The van der Waals surface area contributed by atoms with Gasteiger partial charge in [-0.1, -0.05) is 12.1 Å². The molecule has 4 heteroatoms. The normalized spacial score (nSPS) is 10.3. The van der Waals surface area contributed by atoms with Crippen LogP contribution in [0.4, 0.5) is 10.2 Å². The molecule has 1 aromatic carbocycles. The van der Waals surface area contributed by atoms with Gasteiger partial charge < -0.3 is 5.32 Å². The molecule has 1 heterocycles. The van der Waals surface area contributed by atoms with Gasteiger partial charge in [-0.15, -0.1) is 5.10 Å². The predicted molar refractivity (Wildman–Crippen MR) is 66.3 cm³/mol. The smallest absolute Gasteiger partial charge is 0.149 e. The van der Waals surface area contributed by atoms with Crippen molar-refractivity contribution in [3.8, 4) is 11.1 Å². The second-order valence-electron chi connectivity index (χ2n) is 3.77. The van der Waals surface area contributed by atoms with Crippen molar-refractivity contribution in [2.75, 3.05) is 11.9 Å². The molecular weight excluding hydrogens is 217 g/mol. The molecule has 0 saturated heterocycles. The maximum atomic E-state index is 12.9. The average molecular weight is 231 g/mol. The first kappa shape index (κ1) is 11.5. The highest BCUT2D eigenvalue weighted by Crippen LogP contribution is 2.23. The quantitative estimate of drug-likeness (QED) is 0.882. The van der Waals surface area contributed by atoms with Crippen LogP contribution in [-0.2, 0) is 0 Å². The second-order valence-corrected chi connectivity index (χ2v) is 3.77. The first-order valence-corrected chi connectivity index (χ1v) is 5.55. The molecule has 0 bridgehead atoms. The maximum absolute atomic E-state index is 12.9. The fourth-order valence-electron chi connectivity index (χ4n) is 1.64. The monoisotopic (exact) mass is 231 g/mol. The van der Waals surface area contributed by atoms with Gasteiger partial charge in [0.1, 0.15) is 11.6 Å². The van der Waals surface area contributed by atoms with Crippen molar-refractivity contribution in [3.05, 3.63) is 41.8 Å². The van der Waals surface area contributed by atoms with Crippen molar-refractivity contribution in [2.24, 2.45) is 0 Å². The number of hydrogen-bond donors (Lipinski definition) is 1. The van der Waals surface area contributed by atoms with Gasteiger partial charge in [-0.25, -0.2) is 4.39 Å². The largest absolute Gasteiger partial charge is 0.369 e. The van der Waals surface area contributed by atoms with E-state index in [1.165, 1.54) is 12.1 Å². The van der Waals surface area contributed by atoms with Gasteiger partial charge >= 0.3 is 0 Å². The highest BCUT2D eigenvalue weighted by Gasteiger charge is 2.05. The Labute approximate surface area is 99.7 Å². The van der Waals surface area contributed by atoms with E-state index in [0.29, 0.717) is 0 Å². The summed E-state index contributed by atoms with van der Waals surface area (Å²) >= 11 is 0. The minimum atomic E-state index is -0.236. The van der Waals surface area contributed by atoms with Crippen LogP contribution in [0.3, 0.4) is 0 Å². The van der Waals surface area contributed by atoms with Gasteiger partial charge in [0.05, 0.1) is 5.69 Å². The Morgan fingerprint density at radius 2 is 1.88 bits per heavy atom. The number of halogens is 1. The molecule has 0 unspecified atom stereocenters. The Balaban J connectivity index is 2.42. The lowest BCUT2D eigenvalue weighted by Crippen LogP contribution is -2.02. The van der Waals surface area contributed by atoms with E-state index in [2.05, 4.69) is 15.5 Å². The van der Waals surface area contributed by atoms with Crippen molar-refractivity contribution >= 4 is 5.82 Å². The van der Waals surface area contributed by atoms with Gasteiger partial charge in [0.25, 0.3) is 0 Å². The molecule has 0 saturated carbocycles. The zero-order valence-electron chi connectivity index (χ0n) is 9.87. The summed E-state index contributed by atoms with van der Waals surface area (Å²) < 4.78 is 12.9. The fraction of sp³-hybridized carbons (Fsp3) is 0.231. The standard InChI is InChI=1S/C13H14FN3/c1-3-15-13-8-12(9(2)16-17-13)10-4-6-11(14)7-5-10/h4-8H,3H2,1-2H3,(H,15,17). The van der Waals surface area contributed by atoms with Gasteiger partial charge in [-0.3, -0.25) is 0 Å². The van der Waals surface area contributed by atoms with E-state index in [-0.39, 0.29) is 5.82 Å². The first-order chi connectivity index (χ1) is 8.20. The minimum absolute atomic E-state index is 0.236. The summed E-state index contributed by atoms with van der Waals surface area (Å²) in [6.45, 7) is 4.68. The third-order valence-corrected chi connectivity index (χ3v) is 2.49. The Hall–Kier alpha value is -1.97. The molecule has 0 aliphatic rings. The molecule has 0 aliphatic carbocycles. The number of aromatic nitrogens is 2. The lowest BCUT2D eigenvalue weighted by atomic mass is 10.1. The van der Waals surface area contributed by atoms with Crippen LogP contribution < -0.4 is 5.32 Å². The summed E-state index contributed by atoms with van der Waals surface area (Å²) in [6, 6.07) is 8.31. The first-order valence-electron chi connectivity index (χ1n) is 5.55. The van der Waals surface area contributed by atoms with Gasteiger partial charge in [0, 0.05) is 12.1 Å². The molecule has 1 N–H and O–H groups in total. The number of benzene rings is 1. The zero-order chi connectivity index (χ0) is 12.3. The van der Waals surface area contributed by atoms with Crippen LogP contribution in [0.5, 0.6) is 0 Å². The van der Waals surface area contributed by atoms with E-state index in [9.17, 15) is 4.39 Å². The minimum Gasteiger partial charge on any atom is -0.369 e. The van der Waals surface area contributed by atoms with Crippen LogP contribution in [0, 0.1) is 12.7 Å². The van der Waals surface area contributed by atoms with Gasteiger partial charge in [-0.05, 0) is 37.6 Å². The van der Waals surface area contributed by atoms with Crippen molar-refractivity contribution in [2.45, 2.75) is 13.8 Å². The summed E-state index contributed by atoms with van der Waals surface area (Å²) in [5.41, 5.74) is 2.74. The molecule has 2 rings (SSSR count). The molecule has 2 aromatic rings. The average Bonchev–Trinajstić information content (AvgIpc) is 2.33. The van der Waals surface area contributed by atoms with E-state index in [1.54, 1.807) is 12.1 Å². The highest BCUT2D eigenvalue weighted by atomic mass is 19.1. The molecule has 0 fully saturated rings. The summed E-state index contributed by atoms with van der Waals surface area (Å²) in [4.78, 5) is 0. The molecule has 0 radical (unpaired) electrons. The van der Waals surface area contributed by atoms with E-state index >= 15 is 0 Å². The van der Waals surface area contributed by atoms with E-state index < -0.39 is 0 Å². The Bertz CT molecular complexity index is 509. The highest BCUT2D eigenvalue weighted by molar-refractivity contribution is 5.68. The number of hydrogen-bond acceptors (Lipinski definition) is 3. The Kier molecular flexibility index (Phi) is 3.32. The fourth-order valence-corrected chi connectivity index (χ4v) is 1.64. The molecule has 17 heavy (non-hydrogen) atoms. The number of anilines is 1. The summed E-state index contributed by atoms with van der Waals surface area (Å²) in [5.74, 6) is 0.498. The zero-order valence-corrected chi connectivity index (χ0v) is 9.87. The molecule has 3 nitrogen and oxygen atoms in total. The number of nitrogens with one attached hydrogen (secondary N) is 1. The third-order valence-electron chi connectivity index (χ3n) is 2.49. The summed E-state index contributed by atoms with van der Waals surface area (Å²) in [5, 5.41) is 11.2. The molecule has 88 valence electrons. The van der Waals surface area contributed by atoms with Crippen LogP contribution >= 0.6 is 0 Å². The van der Waals surface area contributed by atoms with Gasteiger partial charge in [-0.2, -0.15) is 5.10 Å². The van der Waals surface area contributed by atoms with Crippen LogP contribution in [0.2, 0.25) is 0 Å². The van der Waals surface area contributed by atoms with E-state index in [0.717, 1.165) is 29.2 Å². The van der Waals surface area contributed by atoms with E-state index in [4.69, 9.17) is 0 Å². The van der Waals surface area contributed by atoms with Crippen molar-refractivity contribution < 1.29 is 4.39 Å². The number of rotatable bonds is 3. The topological polar surface area (TPSA) is 37.8 Å². The van der Waals surface area contributed by atoms with E-state index in [1.807, 2.05) is 19.9 Å². The molecule has 1 aromatic heterocycles. The van der Waals surface area contributed by atoms with Crippen LogP contribution in [0.25, 0.3) is 11.1 Å². The molecule has 0 atom stereocenters. The van der Waals surface area contributed by atoms with Crippen LogP contribution in [0.15, 0.2) is 30.3 Å². The summed E-state index contributed by atoms with van der Waals surface area (Å²) in [6.07, 6.45) is 0. The number of aryl methyl sites for hydroxylation is 1. The Morgan fingerprint density at radius 1 is 1.18 bits per heavy atom. The Morgan fingerprint density at radius 3 is 2.53 bits per heavy atom. The van der Waals surface area contributed by atoms with Crippen LogP contribution in [-0.4, -0.2) is 16.7 Å². The lowest BCUT2D eigenvalue weighted by Gasteiger charge is -2.07. The van der Waals surface area contributed by atoms with Gasteiger partial charge in [0.15, 0.2) is 0 Å². The molecule has 0 spiro atoms. The van der Waals surface area contributed by atoms with Gasteiger partial charge in [0.2, 0.25) is 0 Å². The SMILES string of the molecule is CCNc1cc(-c2ccc(F)cc2)c(C)nn1. The lowest BCUT2D eigenvalue weighted by molar-refractivity contribution is 0.628. The molecule has 0 amide bonds. The van der Waals surface area contributed by atoms with Crippen molar-refractivity contribution in [1.82, 2.24) is 10.2 Å². The number of nitrogens with zero attached hydrogens (tertiary/aromatic N) is 2.